The molecule has 1 aromatic carbocycles. The topological polar surface area (TPSA) is 43.3 Å². The van der Waals surface area contributed by atoms with Crippen molar-refractivity contribution in [1.82, 2.24) is 9.88 Å². The average Bonchev–Trinajstić information content (AvgIpc) is 3.21. The van der Waals surface area contributed by atoms with Crippen molar-refractivity contribution in [3.05, 3.63) is 58.7 Å². The molecule has 0 radical (unpaired) electrons. The SMILES string of the molecule is CCn1c(C)cc(C(=O)N[C@@H](c2ccc(F)cc2)[C@@H]2CCCO2)c1C. The first-order valence-corrected chi connectivity index (χ1v) is 8.86. The summed E-state index contributed by atoms with van der Waals surface area (Å²) in [5.41, 5.74) is 3.58. The van der Waals surface area contributed by atoms with Gasteiger partial charge < -0.3 is 14.6 Å². The van der Waals surface area contributed by atoms with Crippen molar-refractivity contribution in [2.75, 3.05) is 6.61 Å². The lowest BCUT2D eigenvalue weighted by molar-refractivity contribution is 0.0672. The van der Waals surface area contributed by atoms with Crippen LogP contribution < -0.4 is 5.32 Å². The van der Waals surface area contributed by atoms with E-state index in [0.717, 1.165) is 36.3 Å². The second-order valence-electron chi connectivity index (χ2n) is 6.58. The number of hydrogen-bond acceptors (Lipinski definition) is 2. The summed E-state index contributed by atoms with van der Waals surface area (Å²) in [4.78, 5) is 12.9. The van der Waals surface area contributed by atoms with Crippen LogP contribution in [0.4, 0.5) is 4.39 Å². The van der Waals surface area contributed by atoms with Crippen molar-refractivity contribution in [1.29, 1.82) is 0 Å². The van der Waals surface area contributed by atoms with Crippen LogP contribution in [0.1, 0.15) is 53.1 Å². The fourth-order valence-corrected chi connectivity index (χ4v) is 3.66. The summed E-state index contributed by atoms with van der Waals surface area (Å²) in [5, 5.41) is 3.12. The van der Waals surface area contributed by atoms with Gasteiger partial charge in [-0.3, -0.25) is 4.79 Å². The van der Waals surface area contributed by atoms with E-state index in [9.17, 15) is 9.18 Å². The zero-order valence-electron chi connectivity index (χ0n) is 15.0. The minimum atomic E-state index is -0.285. The number of carbonyl (C=O) groups excluding carboxylic acids is 1. The van der Waals surface area contributed by atoms with Crippen molar-refractivity contribution in [2.45, 2.75) is 52.3 Å². The maximum atomic E-state index is 13.3. The number of nitrogens with one attached hydrogen (secondary N) is 1. The zero-order chi connectivity index (χ0) is 18.0. The number of ether oxygens (including phenoxy) is 1. The molecule has 134 valence electrons. The van der Waals surface area contributed by atoms with E-state index in [-0.39, 0.29) is 23.9 Å². The number of aromatic nitrogens is 1. The third-order valence-corrected chi connectivity index (χ3v) is 4.99. The molecule has 1 fully saturated rings. The molecule has 1 saturated heterocycles. The molecular weight excluding hydrogens is 319 g/mol. The predicted molar refractivity (Wildman–Crippen MR) is 95.2 cm³/mol. The summed E-state index contributed by atoms with van der Waals surface area (Å²) < 4.78 is 21.2. The number of hydrogen-bond donors (Lipinski definition) is 1. The van der Waals surface area contributed by atoms with Crippen LogP contribution in [0, 0.1) is 19.7 Å². The molecule has 0 aliphatic carbocycles. The Bertz CT molecular complexity index is 746. The summed E-state index contributed by atoms with van der Waals surface area (Å²) in [6, 6.07) is 7.93. The number of amides is 1. The molecule has 0 bridgehead atoms. The highest BCUT2D eigenvalue weighted by Crippen LogP contribution is 2.28. The molecule has 0 spiro atoms. The Kier molecular flexibility index (Phi) is 5.23. The fraction of sp³-hybridized carbons (Fsp3) is 0.450. The van der Waals surface area contributed by atoms with Crippen LogP contribution in [0.2, 0.25) is 0 Å². The van der Waals surface area contributed by atoms with Gasteiger partial charge in [-0.25, -0.2) is 4.39 Å². The lowest BCUT2D eigenvalue weighted by Gasteiger charge is -2.25. The molecule has 1 N–H and O–H groups in total. The van der Waals surface area contributed by atoms with Crippen LogP contribution in [-0.2, 0) is 11.3 Å². The molecular formula is C20H25FN2O2. The molecule has 1 aliphatic rings. The summed E-state index contributed by atoms with van der Waals surface area (Å²) >= 11 is 0. The highest BCUT2D eigenvalue weighted by Gasteiger charge is 2.30. The lowest BCUT2D eigenvalue weighted by atomic mass is 9.98. The summed E-state index contributed by atoms with van der Waals surface area (Å²) in [6.07, 6.45) is 1.78. The number of rotatable bonds is 5. The Morgan fingerprint density at radius 3 is 2.64 bits per heavy atom. The van der Waals surface area contributed by atoms with Crippen molar-refractivity contribution in [3.8, 4) is 0 Å². The van der Waals surface area contributed by atoms with Gasteiger partial charge in [0.2, 0.25) is 0 Å². The van der Waals surface area contributed by atoms with Crippen molar-refractivity contribution < 1.29 is 13.9 Å². The number of halogens is 1. The zero-order valence-corrected chi connectivity index (χ0v) is 15.0. The number of carbonyl (C=O) groups is 1. The van der Waals surface area contributed by atoms with Crippen molar-refractivity contribution >= 4 is 5.91 Å². The van der Waals surface area contributed by atoms with E-state index in [2.05, 4.69) is 16.8 Å². The number of nitrogens with zero attached hydrogens (tertiary/aromatic N) is 1. The van der Waals surface area contributed by atoms with E-state index in [1.807, 2.05) is 19.9 Å². The van der Waals surface area contributed by atoms with Gasteiger partial charge in [-0.1, -0.05) is 12.1 Å². The Labute approximate surface area is 148 Å². The fourth-order valence-electron chi connectivity index (χ4n) is 3.66. The van der Waals surface area contributed by atoms with E-state index in [1.54, 1.807) is 12.1 Å². The van der Waals surface area contributed by atoms with Gasteiger partial charge in [0.1, 0.15) is 5.82 Å². The third-order valence-electron chi connectivity index (χ3n) is 4.99. The molecule has 0 unspecified atom stereocenters. The van der Waals surface area contributed by atoms with Gasteiger partial charge in [-0.15, -0.1) is 0 Å². The molecule has 1 amide bonds. The Hall–Kier alpha value is -2.14. The Morgan fingerprint density at radius 2 is 2.08 bits per heavy atom. The van der Waals surface area contributed by atoms with Gasteiger partial charge in [0, 0.05) is 24.5 Å². The molecule has 0 saturated carbocycles. The lowest BCUT2D eigenvalue weighted by Crippen LogP contribution is -2.36. The van der Waals surface area contributed by atoms with Crippen LogP contribution in [0.25, 0.3) is 0 Å². The molecule has 4 nitrogen and oxygen atoms in total. The summed E-state index contributed by atoms with van der Waals surface area (Å²) in [5.74, 6) is -0.398. The predicted octanol–water partition coefficient (Wildman–Crippen LogP) is 3.91. The molecule has 2 heterocycles. The van der Waals surface area contributed by atoms with E-state index in [4.69, 9.17) is 4.74 Å². The van der Waals surface area contributed by atoms with Gasteiger partial charge >= 0.3 is 0 Å². The molecule has 2 atom stereocenters. The maximum Gasteiger partial charge on any atom is 0.253 e. The minimum Gasteiger partial charge on any atom is -0.376 e. The Morgan fingerprint density at radius 1 is 1.36 bits per heavy atom. The number of benzene rings is 1. The van der Waals surface area contributed by atoms with Crippen LogP contribution in [0.5, 0.6) is 0 Å². The van der Waals surface area contributed by atoms with Crippen LogP contribution in [-0.4, -0.2) is 23.2 Å². The molecule has 1 aliphatic heterocycles. The van der Waals surface area contributed by atoms with E-state index < -0.39 is 0 Å². The number of aryl methyl sites for hydroxylation is 1. The maximum absolute atomic E-state index is 13.3. The van der Waals surface area contributed by atoms with Gasteiger partial charge in [0.05, 0.1) is 17.7 Å². The average molecular weight is 344 g/mol. The molecule has 2 aromatic rings. The van der Waals surface area contributed by atoms with Crippen molar-refractivity contribution in [2.24, 2.45) is 0 Å². The smallest absolute Gasteiger partial charge is 0.253 e. The van der Waals surface area contributed by atoms with Crippen LogP contribution in [0.15, 0.2) is 30.3 Å². The monoisotopic (exact) mass is 344 g/mol. The van der Waals surface area contributed by atoms with E-state index in [1.165, 1.54) is 12.1 Å². The first kappa shape index (κ1) is 17.7. The highest BCUT2D eigenvalue weighted by atomic mass is 19.1. The van der Waals surface area contributed by atoms with Gasteiger partial charge in [-0.2, -0.15) is 0 Å². The van der Waals surface area contributed by atoms with Crippen molar-refractivity contribution in [3.63, 3.8) is 0 Å². The second-order valence-corrected chi connectivity index (χ2v) is 6.58. The Balaban J connectivity index is 1.87. The normalized spacial score (nSPS) is 18.3. The van der Waals surface area contributed by atoms with E-state index >= 15 is 0 Å². The van der Waals surface area contributed by atoms with Gasteiger partial charge in [0.15, 0.2) is 0 Å². The van der Waals surface area contributed by atoms with Gasteiger partial charge in [0.25, 0.3) is 5.91 Å². The first-order chi connectivity index (χ1) is 12.0. The molecule has 5 heteroatoms. The first-order valence-electron chi connectivity index (χ1n) is 8.86. The van der Waals surface area contributed by atoms with Crippen LogP contribution >= 0.6 is 0 Å². The third kappa shape index (κ3) is 3.61. The highest BCUT2D eigenvalue weighted by molar-refractivity contribution is 5.96. The standard InChI is InChI=1S/C20H25FN2O2/c1-4-23-13(2)12-17(14(23)3)20(24)22-19(18-6-5-11-25-18)15-7-9-16(21)10-8-15/h7-10,12,18-19H,4-6,11H2,1-3H3,(H,22,24)/t18-,19-/m0/s1. The molecule has 1 aromatic heterocycles. The largest absolute Gasteiger partial charge is 0.376 e. The molecule has 3 rings (SSSR count). The minimum absolute atomic E-state index is 0.0796. The summed E-state index contributed by atoms with van der Waals surface area (Å²) in [6.45, 7) is 7.56. The van der Waals surface area contributed by atoms with Gasteiger partial charge in [-0.05, 0) is 57.4 Å². The van der Waals surface area contributed by atoms with E-state index in [0.29, 0.717) is 12.2 Å². The second kappa shape index (κ2) is 7.40. The summed E-state index contributed by atoms with van der Waals surface area (Å²) in [7, 11) is 0. The van der Waals surface area contributed by atoms with Crippen LogP contribution in [0.3, 0.4) is 0 Å². The molecule has 25 heavy (non-hydrogen) atoms. The quantitative estimate of drug-likeness (QED) is 0.893.